The second-order valence-electron chi connectivity index (χ2n) is 6.05. The smallest absolute Gasteiger partial charge is 0.204 e. The van der Waals surface area contributed by atoms with Crippen LogP contribution in [0.2, 0.25) is 0 Å². The summed E-state index contributed by atoms with van der Waals surface area (Å²) in [6.07, 6.45) is 3.86. The van der Waals surface area contributed by atoms with Crippen molar-refractivity contribution in [3.05, 3.63) is 45.2 Å². The highest BCUT2D eigenvalue weighted by molar-refractivity contribution is 7.17. The Kier molecular flexibility index (Phi) is 3.58. The first-order valence-electron chi connectivity index (χ1n) is 8.09. The number of nitrogens with zero attached hydrogens (tertiary/aromatic N) is 4. The van der Waals surface area contributed by atoms with Crippen molar-refractivity contribution in [3.63, 3.8) is 0 Å². The minimum Gasteiger partial charge on any atom is -0.232 e. The molecule has 25 heavy (non-hydrogen) atoms. The molecule has 0 amide bonds. The summed E-state index contributed by atoms with van der Waals surface area (Å²) in [5, 5.41) is 20.5. The first-order chi connectivity index (χ1) is 12.4. The number of nitrogens with one attached hydrogen (secondary N) is 1. The highest BCUT2D eigenvalue weighted by Crippen LogP contribution is 2.36. The summed E-state index contributed by atoms with van der Waals surface area (Å²) in [6.45, 7) is 0. The fourth-order valence-electron chi connectivity index (χ4n) is 2.90. The van der Waals surface area contributed by atoms with E-state index < -0.39 is 0 Å². The maximum absolute atomic E-state index is 4.69. The Balaban J connectivity index is 1.48. The van der Waals surface area contributed by atoms with Gasteiger partial charge in [0.05, 0.1) is 5.69 Å². The Morgan fingerprint density at radius 1 is 1.12 bits per heavy atom. The molecule has 0 atom stereocenters. The van der Waals surface area contributed by atoms with E-state index in [0.29, 0.717) is 11.7 Å². The quantitative estimate of drug-likeness (QED) is 0.542. The molecule has 1 N–H and O–H groups in total. The molecule has 1 saturated carbocycles. The fraction of sp³-hybridized carbons (Fsp3) is 0.222. The SMILES string of the molecule is C(#Cc1csc2ccc(-c3nn[nH]n3)cc12)c1nc(C2CCC2)cs1. The van der Waals surface area contributed by atoms with Crippen molar-refractivity contribution < 1.29 is 0 Å². The number of hydrogen-bond acceptors (Lipinski definition) is 6. The van der Waals surface area contributed by atoms with Gasteiger partial charge in [-0.25, -0.2) is 4.98 Å². The average Bonchev–Trinajstić information content (AvgIpc) is 3.32. The van der Waals surface area contributed by atoms with Crippen molar-refractivity contribution in [2.24, 2.45) is 0 Å². The lowest BCUT2D eigenvalue weighted by molar-refractivity contribution is 0.412. The van der Waals surface area contributed by atoms with Crippen LogP contribution in [-0.4, -0.2) is 25.6 Å². The van der Waals surface area contributed by atoms with E-state index in [0.717, 1.165) is 21.5 Å². The molecule has 0 saturated heterocycles. The molecule has 5 rings (SSSR count). The fourth-order valence-corrected chi connectivity index (χ4v) is 4.52. The molecule has 0 spiro atoms. The Morgan fingerprint density at radius 3 is 2.88 bits per heavy atom. The predicted octanol–water partition coefficient (Wildman–Crippen LogP) is 4.21. The number of H-pyrrole nitrogens is 1. The maximum Gasteiger partial charge on any atom is 0.204 e. The standard InChI is InChI=1S/C18H13N5S2/c1-2-11(3-1)15-10-25-17(19-15)7-5-13-9-24-16-6-4-12(8-14(13)16)18-20-22-23-21-18/h4,6,8-11H,1-3H2,(H,20,21,22,23). The third kappa shape index (κ3) is 2.73. The molecular weight excluding hydrogens is 350 g/mol. The van der Waals surface area contributed by atoms with Crippen LogP contribution in [0.1, 0.15) is 41.4 Å². The van der Waals surface area contributed by atoms with Crippen LogP contribution >= 0.6 is 22.7 Å². The highest BCUT2D eigenvalue weighted by Gasteiger charge is 2.21. The topological polar surface area (TPSA) is 67.3 Å². The van der Waals surface area contributed by atoms with Gasteiger partial charge in [0.1, 0.15) is 0 Å². The van der Waals surface area contributed by atoms with Crippen molar-refractivity contribution in [3.8, 4) is 23.2 Å². The molecule has 0 unspecified atom stereocenters. The number of thiazole rings is 1. The summed E-state index contributed by atoms with van der Waals surface area (Å²) in [7, 11) is 0. The molecule has 1 aliphatic rings. The Bertz CT molecular complexity index is 1090. The zero-order chi connectivity index (χ0) is 16.6. The molecule has 0 radical (unpaired) electrons. The van der Waals surface area contributed by atoms with Crippen LogP contribution in [0.3, 0.4) is 0 Å². The lowest BCUT2D eigenvalue weighted by Gasteiger charge is -2.22. The summed E-state index contributed by atoms with van der Waals surface area (Å²) < 4.78 is 1.20. The minimum atomic E-state index is 0.595. The van der Waals surface area contributed by atoms with E-state index in [1.807, 2.05) is 6.07 Å². The van der Waals surface area contributed by atoms with Gasteiger partial charge in [-0.3, -0.25) is 0 Å². The molecular formula is C18H13N5S2. The van der Waals surface area contributed by atoms with Crippen molar-refractivity contribution in [1.29, 1.82) is 0 Å². The van der Waals surface area contributed by atoms with Crippen molar-refractivity contribution in [1.82, 2.24) is 25.6 Å². The van der Waals surface area contributed by atoms with E-state index in [2.05, 4.69) is 60.3 Å². The molecule has 0 aliphatic heterocycles. The van der Waals surface area contributed by atoms with Crippen LogP contribution < -0.4 is 0 Å². The summed E-state index contributed by atoms with van der Waals surface area (Å²) in [5.74, 6) is 7.77. The van der Waals surface area contributed by atoms with Crippen LogP contribution in [0.5, 0.6) is 0 Å². The van der Waals surface area contributed by atoms with E-state index in [-0.39, 0.29) is 0 Å². The second kappa shape index (κ2) is 6.06. The lowest BCUT2D eigenvalue weighted by atomic mass is 9.83. The first kappa shape index (κ1) is 14.8. The Morgan fingerprint density at radius 2 is 2.08 bits per heavy atom. The van der Waals surface area contributed by atoms with Gasteiger partial charge in [0.25, 0.3) is 0 Å². The predicted molar refractivity (Wildman–Crippen MR) is 99.7 cm³/mol. The van der Waals surface area contributed by atoms with Gasteiger partial charge in [-0.2, -0.15) is 5.21 Å². The molecule has 3 aromatic heterocycles. The molecule has 1 fully saturated rings. The number of hydrogen-bond donors (Lipinski definition) is 1. The van der Waals surface area contributed by atoms with Gasteiger partial charge in [0, 0.05) is 37.9 Å². The normalized spacial score (nSPS) is 14.2. The summed E-state index contributed by atoms with van der Waals surface area (Å²) >= 11 is 3.34. The summed E-state index contributed by atoms with van der Waals surface area (Å²) in [5.41, 5.74) is 3.17. The second-order valence-corrected chi connectivity index (χ2v) is 7.82. The van der Waals surface area contributed by atoms with Gasteiger partial charge in [0.15, 0.2) is 5.01 Å². The Hall–Kier alpha value is -2.56. The van der Waals surface area contributed by atoms with Gasteiger partial charge in [0.2, 0.25) is 5.82 Å². The monoisotopic (exact) mass is 363 g/mol. The number of rotatable bonds is 2. The van der Waals surface area contributed by atoms with Crippen LogP contribution in [0.15, 0.2) is 29.0 Å². The molecule has 5 nitrogen and oxygen atoms in total. The third-order valence-corrected chi connectivity index (χ3v) is 6.27. The number of benzene rings is 1. The average molecular weight is 363 g/mol. The lowest BCUT2D eigenvalue weighted by Crippen LogP contribution is -2.08. The van der Waals surface area contributed by atoms with Gasteiger partial charge < -0.3 is 0 Å². The highest BCUT2D eigenvalue weighted by atomic mass is 32.1. The van der Waals surface area contributed by atoms with Crippen LogP contribution in [0, 0.1) is 11.8 Å². The molecule has 0 bridgehead atoms. The molecule has 4 aromatic rings. The van der Waals surface area contributed by atoms with E-state index >= 15 is 0 Å². The van der Waals surface area contributed by atoms with Crippen molar-refractivity contribution >= 4 is 32.8 Å². The maximum atomic E-state index is 4.69. The first-order valence-corrected chi connectivity index (χ1v) is 9.85. The third-order valence-electron chi connectivity index (χ3n) is 4.53. The molecule has 7 heteroatoms. The van der Waals surface area contributed by atoms with Crippen LogP contribution in [0.25, 0.3) is 21.5 Å². The van der Waals surface area contributed by atoms with Crippen molar-refractivity contribution in [2.45, 2.75) is 25.2 Å². The van der Waals surface area contributed by atoms with Gasteiger partial charge in [-0.05, 0) is 42.2 Å². The largest absolute Gasteiger partial charge is 0.232 e. The number of aromatic nitrogens is 5. The molecule has 3 heterocycles. The number of aromatic amines is 1. The number of fused-ring (bicyclic) bond motifs is 1. The Labute approximate surface area is 152 Å². The van der Waals surface area contributed by atoms with E-state index in [4.69, 9.17) is 0 Å². The molecule has 122 valence electrons. The zero-order valence-electron chi connectivity index (χ0n) is 13.2. The van der Waals surface area contributed by atoms with Gasteiger partial charge in [-0.15, -0.1) is 32.9 Å². The van der Waals surface area contributed by atoms with E-state index in [1.54, 1.807) is 22.7 Å². The van der Waals surface area contributed by atoms with E-state index in [1.165, 1.54) is 29.7 Å². The zero-order valence-corrected chi connectivity index (χ0v) is 14.8. The van der Waals surface area contributed by atoms with Gasteiger partial charge >= 0.3 is 0 Å². The minimum absolute atomic E-state index is 0.595. The van der Waals surface area contributed by atoms with Gasteiger partial charge in [-0.1, -0.05) is 12.3 Å². The molecule has 1 aromatic carbocycles. The van der Waals surface area contributed by atoms with Crippen LogP contribution in [0.4, 0.5) is 0 Å². The number of tetrazole rings is 1. The van der Waals surface area contributed by atoms with Crippen LogP contribution in [-0.2, 0) is 0 Å². The van der Waals surface area contributed by atoms with E-state index in [9.17, 15) is 0 Å². The summed E-state index contributed by atoms with van der Waals surface area (Å²) in [4.78, 5) is 4.69. The number of thiophene rings is 1. The van der Waals surface area contributed by atoms with Crippen molar-refractivity contribution in [2.75, 3.05) is 0 Å². The summed E-state index contributed by atoms with van der Waals surface area (Å²) in [6, 6.07) is 6.16. The molecule has 1 aliphatic carbocycles.